The van der Waals surface area contributed by atoms with Gasteiger partial charge in [-0.1, -0.05) is 13.8 Å². The highest BCUT2D eigenvalue weighted by Crippen LogP contribution is 2.55. The molecule has 0 bridgehead atoms. The summed E-state index contributed by atoms with van der Waals surface area (Å²) >= 11 is 0. The SMILES string of the molecule is CC1CC(C)C(F)(F)C(F)(C(C)(F)F)C1. The summed E-state index contributed by atoms with van der Waals surface area (Å²) < 4.78 is 66.7. The van der Waals surface area contributed by atoms with E-state index in [9.17, 15) is 22.0 Å². The molecule has 1 rings (SSSR count). The van der Waals surface area contributed by atoms with Gasteiger partial charge < -0.3 is 0 Å². The highest BCUT2D eigenvalue weighted by Gasteiger charge is 2.70. The molecule has 0 amide bonds. The normalized spacial score (nSPS) is 41.6. The second kappa shape index (κ2) is 3.32. The fourth-order valence-corrected chi connectivity index (χ4v) is 2.31. The molecule has 0 saturated heterocycles. The first kappa shape index (κ1) is 12.7. The Morgan fingerprint density at radius 1 is 1.13 bits per heavy atom. The number of hydrogen-bond donors (Lipinski definition) is 0. The van der Waals surface area contributed by atoms with Crippen molar-refractivity contribution in [2.24, 2.45) is 11.8 Å². The lowest BCUT2D eigenvalue weighted by Gasteiger charge is -2.46. The van der Waals surface area contributed by atoms with Gasteiger partial charge >= 0.3 is 0 Å². The Bertz CT molecular complexity index is 245. The van der Waals surface area contributed by atoms with Crippen LogP contribution in [0.2, 0.25) is 0 Å². The standard InChI is InChI=1S/C10H15F5/c1-6-4-7(2)10(14,15)9(13,5-6)8(3,11)12/h6-7H,4-5H2,1-3H3. The Morgan fingerprint density at radius 2 is 1.60 bits per heavy atom. The van der Waals surface area contributed by atoms with E-state index < -0.39 is 35.8 Å². The van der Waals surface area contributed by atoms with Gasteiger partial charge in [0.1, 0.15) is 0 Å². The summed E-state index contributed by atoms with van der Waals surface area (Å²) in [6.45, 7) is 2.87. The maximum Gasteiger partial charge on any atom is 0.289 e. The molecule has 1 fully saturated rings. The third-order valence-corrected chi connectivity index (χ3v) is 3.23. The zero-order chi connectivity index (χ0) is 12.1. The van der Waals surface area contributed by atoms with Gasteiger partial charge in [0.05, 0.1) is 0 Å². The highest BCUT2D eigenvalue weighted by molar-refractivity contribution is 5.07. The van der Waals surface area contributed by atoms with E-state index in [4.69, 9.17) is 0 Å². The second-order valence-electron chi connectivity index (χ2n) is 4.76. The third-order valence-electron chi connectivity index (χ3n) is 3.23. The molecule has 0 heterocycles. The third kappa shape index (κ3) is 1.74. The van der Waals surface area contributed by atoms with Crippen molar-refractivity contribution in [1.29, 1.82) is 0 Å². The van der Waals surface area contributed by atoms with Gasteiger partial charge in [-0.2, -0.15) is 0 Å². The molecule has 1 saturated carbocycles. The van der Waals surface area contributed by atoms with Gasteiger partial charge in [-0.15, -0.1) is 0 Å². The fourth-order valence-electron chi connectivity index (χ4n) is 2.31. The van der Waals surface area contributed by atoms with Gasteiger partial charge in [0.2, 0.25) is 5.67 Å². The van der Waals surface area contributed by atoms with Gasteiger partial charge in [0.15, 0.2) is 0 Å². The summed E-state index contributed by atoms with van der Waals surface area (Å²) in [7, 11) is 0. The minimum Gasteiger partial charge on any atom is -0.230 e. The maximum absolute atomic E-state index is 13.9. The monoisotopic (exact) mass is 230 g/mol. The molecule has 5 heteroatoms. The van der Waals surface area contributed by atoms with E-state index >= 15 is 0 Å². The predicted octanol–water partition coefficient (Wildman–Crippen LogP) is 4.05. The van der Waals surface area contributed by atoms with Crippen LogP contribution in [-0.2, 0) is 0 Å². The predicted molar refractivity (Wildman–Crippen MR) is 47.0 cm³/mol. The molecule has 0 aromatic carbocycles. The molecule has 0 radical (unpaired) electrons. The van der Waals surface area contributed by atoms with E-state index in [0.29, 0.717) is 0 Å². The second-order valence-corrected chi connectivity index (χ2v) is 4.76. The van der Waals surface area contributed by atoms with Crippen LogP contribution < -0.4 is 0 Å². The van der Waals surface area contributed by atoms with E-state index in [0.717, 1.165) is 6.92 Å². The number of hydrogen-bond acceptors (Lipinski definition) is 0. The zero-order valence-electron chi connectivity index (χ0n) is 8.96. The van der Waals surface area contributed by atoms with Crippen molar-refractivity contribution in [3.05, 3.63) is 0 Å². The number of alkyl halides is 5. The van der Waals surface area contributed by atoms with Crippen molar-refractivity contribution in [2.45, 2.75) is 51.1 Å². The number of halogens is 5. The molecular formula is C10H15F5. The first-order valence-corrected chi connectivity index (χ1v) is 4.97. The Kier molecular flexibility index (Phi) is 2.81. The number of rotatable bonds is 1. The van der Waals surface area contributed by atoms with Gasteiger partial charge in [-0.05, 0) is 18.8 Å². The molecular weight excluding hydrogens is 215 g/mol. The largest absolute Gasteiger partial charge is 0.289 e. The molecule has 3 unspecified atom stereocenters. The van der Waals surface area contributed by atoms with E-state index in [1.54, 1.807) is 0 Å². The molecule has 0 aromatic rings. The van der Waals surface area contributed by atoms with Crippen molar-refractivity contribution in [3.63, 3.8) is 0 Å². The summed E-state index contributed by atoms with van der Waals surface area (Å²) in [5.41, 5.74) is -3.71. The summed E-state index contributed by atoms with van der Waals surface area (Å²) in [5.74, 6) is -9.77. The lowest BCUT2D eigenvalue weighted by Crippen LogP contribution is -2.62. The van der Waals surface area contributed by atoms with E-state index in [1.807, 2.05) is 0 Å². The van der Waals surface area contributed by atoms with Gasteiger partial charge in [-0.25, -0.2) is 22.0 Å². The minimum absolute atomic E-state index is 0.0781. The molecule has 0 aliphatic heterocycles. The van der Waals surface area contributed by atoms with Crippen LogP contribution in [0.25, 0.3) is 0 Å². The quantitative estimate of drug-likeness (QED) is 0.596. The molecule has 90 valence electrons. The first-order chi connectivity index (χ1) is 6.52. The first-order valence-electron chi connectivity index (χ1n) is 4.97. The van der Waals surface area contributed by atoms with Crippen LogP contribution in [0.3, 0.4) is 0 Å². The lowest BCUT2D eigenvalue weighted by atomic mass is 9.69. The van der Waals surface area contributed by atoms with E-state index in [2.05, 4.69) is 0 Å². The van der Waals surface area contributed by atoms with Crippen LogP contribution in [0.5, 0.6) is 0 Å². The van der Waals surface area contributed by atoms with Crippen LogP contribution in [0.15, 0.2) is 0 Å². The summed E-state index contributed by atoms with van der Waals surface area (Å²) in [4.78, 5) is 0. The van der Waals surface area contributed by atoms with E-state index in [1.165, 1.54) is 6.92 Å². The molecule has 0 N–H and O–H groups in total. The zero-order valence-corrected chi connectivity index (χ0v) is 8.96. The van der Waals surface area contributed by atoms with Crippen LogP contribution in [0, 0.1) is 11.8 Å². The van der Waals surface area contributed by atoms with Crippen LogP contribution >= 0.6 is 0 Å². The summed E-state index contributed by atoms with van der Waals surface area (Å²) in [6.07, 6.45) is -0.706. The summed E-state index contributed by atoms with van der Waals surface area (Å²) in [6, 6.07) is 0. The van der Waals surface area contributed by atoms with Crippen molar-refractivity contribution < 1.29 is 22.0 Å². The van der Waals surface area contributed by atoms with Crippen molar-refractivity contribution in [1.82, 2.24) is 0 Å². The smallest absolute Gasteiger partial charge is 0.230 e. The van der Waals surface area contributed by atoms with Crippen molar-refractivity contribution >= 4 is 0 Å². The average molecular weight is 230 g/mol. The minimum atomic E-state index is -4.01. The molecule has 3 atom stereocenters. The average Bonchev–Trinajstić information content (AvgIpc) is 1.98. The van der Waals surface area contributed by atoms with E-state index in [-0.39, 0.29) is 13.3 Å². The van der Waals surface area contributed by atoms with Crippen LogP contribution in [0.4, 0.5) is 22.0 Å². The Morgan fingerprint density at radius 3 is 2.00 bits per heavy atom. The molecule has 1 aliphatic carbocycles. The molecule has 0 aromatic heterocycles. The van der Waals surface area contributed by atoms with Crippen LogP contribution in [-0.4, -0.2) is 17.5 Å². The molecule has 0 spiro atoms. The summed E-state index contributed by atoms with van der Waals surface area (Å²) in [5, 5.41) is 0. The Balaban J connectivity index is 3.14. The van der Waals surface area contributed by atoms with Crippen molar-refractivity contribution in [2.75, 3.05) is 0 Å². The molecule has 1 aliphatic rings. The Hall–Kier alpha value is -0.350. The van der Waals surface area contributed by atoms with Gasteiger partial charge in [0, 0.05) is 12.8 Å². The van der Waals surface area contributed by atoms with Crippen molar-refractivity contribution in [3.8, 4) is 0 Å². The molecule has 0 nitrogen and oxygen atoms in total. The van der Waals surface area contributed by atoms with Crippen LogP contribution in [0.1, 0.15) is 33.6 Å². The fraction of sp³-hybridized carbons (Fsp3) is 1.00. The van der Waals surface area contributed by atoms with Gasteiger partial charge in [0.25, 0.3) is 11.8 Å². The maximum atomic E-state index is 13.9. The molecule has 15 heavy (non-hydrogen) atoms. The highest BCUT2D eigenvalue weighted by atomic mass is 19.3. The lowest BCUT2D eigenvalue weighted by molar-refractivity contribution is -0.280. The van der Waals surface area contributed by atoms with Gasteiger partial charge in [-0.3, -0.25) is 0 Å². The Labute approximate surface area is 85.8 Å². The topological polar surface area (TPSA) is 0 Å².